The summed E-state index contributed by atoms with van der Waals surface area (Å²) in [5, 5.41) is 3.29. The number of carbonyl (C=O) groups is 1. The highest BCUT2D eigenvalue weighted by Gasteiger charge is 2.14. The molecule has 0 aliphatic heterocycles. The Morgan fingerprint density at radius 1 is 1.10 bits per heavy atom. The minimum absolute atomic E-state index is 0.285. The molecule has 7 nitrogen and oxygen atoms in total. The van der Waals surface area contributed by atoms with E-state index < -0.39 is 10.1 Å². The molecular weight excluding hydrogens is 406 g/mol. The van der Waals surface area contributed by atoms with Gasteiger partial charge in [0.25, 0.3) is 0 Å². The summed E-state index contributed by atoms with van der Waals surface area (Å²) in [5.41, 5.74) is 1.66. The highest BCUT2D eigenvalue weighted by molar-refractivity contribution is 7.86. The zero-order chi connectivity index (χ0) is 22.0. The summed E-state index contributed by atoms with van der Waals surface area (Å²) < 4.78 is 38.3. The van der Waals surface area contributed by atoms with Crippen LogP contribution < -0.4 is 19.0 Å². The molecule has 0 spiro atoms. The molecule has 2 aromatic carbocycles. The van der Waals surface area contributed by atoms with Gasteiger partial charge < -0.3 is 19.0 Å². The normalized spacial score (nSPS) is 11.0. The van der Waals surface area contributed by atoms with Crippen molar-refractivity contribution in [2.24, 2.45) is 0 Å². The fourth-order valence-electron chi connectivity index (χ4n) is 2.85. The van der Waals surface area contributed by atoms with Crippen molar-refractivity contribution in [3.05, 3.63) is 48.0 Å². The lowest BCUT2D eigenvalue weighted by Gasteiger charge is -2.15. The number of hydrogen-bond donors (Lipinski definition) is 1. The molecule has 30 heavy (non-hydrogen) atoms. The zero-order valence-electron chi connectivity index (χ0n) is 17.6. The van der Waals surface area contributed by atoms with Crippen molar-refractivity contribution in [1.29, 1.82) is 0 Å². The minimum Gasteiger partial charge on any atom is -0.493 e. The standard InChI is InChI=1S/C22H29NO6S/c1-4-5-14-21(24)28-22-19(12-7-13-20(22)27-2)23-15-8-10-17-9-6-11-18(16-17)29-30(3,25)26/h6-7,9,11-13,16,23H,4-5,8,10,14-15H2,1-3H3. The van der Waals surface area contributed by atoms with Crippen molar-refractivity contribution in [2.75, 3.05) is 25.2 Å². The first kappa shape index (κ1) is 23.5. The van der Waals surface area contributed by atoms with E-state index in [2.05, 4.69) is 5.32 Å². The van der Waals surface area contributed by atoms with E-state index in [1.165, 1.54) is 7.11 Å². The van der Waals surface area contributed by atoms with Gasteiger partial charge in [0.1, 0.15) is 5.75 Å². The van der Waals surface area contributed by atoms with Crippen LogP contribution in [0.25, 0.3) is 0 Å². The van der Waals surface area contributed by atoms with Crippen molar-refractivity contribution in [3.63, 3.8) is 0 Å². The molecule has 0 aliphatic carbocycles. The summed E-state index contributed by atoms with van der Waals surface area (Å²) in [6.07, 6.45) is 4.58. The molecule has 164 valence electrons. The highest BCUT2D eigenvalue weighted by Crippen LogP contribution is 2.35. The quantitative estimate of drug-likeness (QED) is 0.231. The molecule has 0 saturated heterocycles. The number of aryl methyl sites for hydroxylation is 1. The van der Waals surface area contributed by atoms with Gasteiger partial charge in [0.2, 0.25) is 0 Å². The predicted molar refractivity (Wildman–Crippen MR) is 117 cm³/mol. The van der Waals surface area contributed by atoms with Crippen molar-refractivity contribution >= 4 is 21.8 Å². The van der Waals surface area contributed by atoms with Gasteiger partial charge >= 0.3 is 16.1 Å². The average Bonchev–Trinajstić information content (AvgIpc) is 2.69. The summed E-state index contributed by atoms with van der Waals surface area (Å²) in [6.45, 7) is 2.65. The van der Waals surface area contributed by atoms with E-state index in [4.69, 9.17) is 13.7 Å². The Labute approximate surface area is 178 Å². The summed E-state index contributed by atoms with van der Waals surface area (Å²) >= 11 is 0. The Hall–Kier alpha value is -2.74. The van der Waals surface area contributed by atoms with Crippen molar-refractivity contribution in [2.45, 2.75) is 39.0 Å². The first-order valence-corrected chi connectivity index (χ1v) is 11.7. The molecule has 0 atom stereocenters. The van der Waals surface area contributed by atoms with Gasteiger partial charge in [-0.05, 0) is 49.1 Å². The fourth-order valence-corrected chi connectivity index (χ4v) is 3.30. The van der Waals surface area contributed by atoms with E-state index in [0.29, 0.717) is 35.9 Å². The Bertz CT molecular complexity index is 942. The van der Waals surface area contributed by atoms with Crippen LogP contribution in [0.1, 0.15) is 38.2 Å². The van der Waals surface area contributed by atoms with Crippen LogP contribution in [0.2, 0.25) is 0 Å². The first-order chi connectivity index (χ1) is 14.3. The maximum absolute atomic E-state index is 12.1. The second-order valence-corrected chi connectivity index (χ2v) is 8.45. The monoisotopic (exact) mass is 435 g/mol. The summed E-state index contributed by atoms with van der Waals surface area (Å²) in [6, 6.07) is 12.4. The summed E-state index contributed by atoms with van der Waals surface area (Å²) in [7, 11) is -2.01. The number of hydrogen-bond acceptors (Lipinski definition) is 7. The van der Waals surface area contributed by atoms with Gasteiger partial charge in [-0.3, -0.25) is 4.79 Å². The first-order valence-electron chi connectivity index (χ1n) is 9.92. The number of esters is 1. The van der Waals surface area contributed by atoms with Crippen LogP contribution in [-0.4, -0.2) is 34.3 Å². The molecule has 0 bridgehead atoms. The average molecular weight is 436 g/mol. The third-order valence-corrected chi connectivity index (χ3v) is 4.75. The molecule has 0 fully saturated rings. The van der Waals surface area contributed by atoms with Crippen LogP contribution in [0, 0.1) is 0 Å². The smallest absolute Gasteiger partial charge is 0.311 e. The molecular formula is C22H29NO6S. The van der Waals surface area contributed by atoms with E-state index in [1.54, 1.807) is 24.3 Å². The van der Waals surface area contributed by atoms with Crippen molar-refractivity contribution < 1.29 is 26.9 Å². The van der Waals surface area contributed by atoms with Crippen LogP contribution in [0.15, 0.2) is 42.5 Å². The van der Waals surface area contributed by atoms with E-state index >= 15 is 0 Å². The molecule has 0 heterocycles. The molecule has 0 saturated carbocycles. The van der Waals surface area contributed by atoms with Gasteiger partial charge in [-0.2, -0.15) is 8.42 Å². The molecule has 0 radical (unpaired) electrons. The van der Waals surface area contributed by atoms with Gasteiger partial charge in [0, 0.05) is 13.0 Å². The lowest BCUT2D eigenvalue weighted by atomic mass is 10.1. The molecule has 8 heteroatoms. The molecule has 0 aromatic heterocycles. The van der Waals surface area contributed by atoms with Crippen LogP contribution in [0.3, 0.4) is 0 Å². The second-order valence-electron chi connectivity index (χ2n) is 6.88. The molecule has 1 N–H and O–H groups in total. The second kappa shape index (κ2) is 11.4. The van der Waals surface area contributed by atoms with Crippen molar-refractivity contribution in [3.8, 4) is 17.2 Å². The third-order valence-electron chi connectivity index (χ3n) is 4.25. The Kier molecular flexibility index (Phi) is 8.98. The Balaban J connectivity index is 1.96. The zero-order valence-corrected chi connectivity index (χ0v) is 18.5. The lowest BCUT2D eigenvalue weighted by Crippen LogP contribution is -2.11. The molecule has 0 amide bonds. The number of rotatable bonds is 12. The van der Waals surface area contributed by atoms with Gasteiger partial charge in [-0.1, -0.05) is 31.5 Å². The number of unbranched alkanes of at least 4 members (excludes halogenated alkanes) is 1. The minimum atomic E-state index is -3.55. The predicted octanol–water partition coefficient (Wildman–Crippen LogP) is 4.17. The topological polar surface area (TPSA) is 90.9 Å². The third kappa shape index (κ3) is 7.94. The van der Waals surface area contributed by atoms with E-state index in [1.807, 2.05) is 25.1 Å². The fraction of sp³-hybridized carbons (Fsp3) is 0.409. The number of anilines is 1. The summed E-state index contributed by atoms with van der Waals surface area (Å²) in [4.78, 5) is 12.1. The van der Waals surface area contributed by atoms with Gasteiger partial charge in [0.15, 0.2) is 11.5 Å². The lowest BCUT2D eigenvalue weighted by molar-refractivity contribution is -0.134. The number of carbonyl (C=O) groups excluding carboxylic acids is 1. The Morgan fingerprint density at radius 2 is 1.87 bits per heavy atom. The van der Waals surface area contributed by atoms with Crippen LogP contribution in [0.4, 0.5) is 5.69 Å². The number of nitrogens with one attached hydrogen (secondary N) is 1. The number of ether oxygens (including phenoxy) is 2. The molecule has 2 rings (SSSR count). The van der Waals surface area contributed by atoms with Gasteiger partial charge in [0.05, 0.1) is 19.1 Å². The molecule has 2 aromatic rings. The molecule has 0 aliphatic rings. The van der Waals surface area contributed by atoms with E-state index in [9.17, 15) is 13.2 Å². The maximum Gasteiger partial charge on any atom is 0.311 e. The van der Waals surface area contributed by atoms with Gasteiger partial charge in [-0.25, -0.2) is 0 Å². The molecule has 0 unspecified atom stereocenters. The highest BCUT2D eigenvalue weighted by atomic mass is 32.2. The maximum atomic E-state index is 12.1. The van der Waals surface area contributed by atoms with E-state index in [0.717, 1.165) is 37.5 Å². The number of methoxy groups -OCH3 is 1. The summed E-state index contributed by atoms with van der Waals surface area (Å²) in [5.74, 6) is 0.907. The van der Waals surface area contributed by atoms with Crippen LogP contribution in [-0.2, 0) is 21.3 Å². The largest absolute Gasteiger partial charge is 0.493 e. The Morgan fingerprint density at radius 3 is 2.57 bits per heavy atom. The SMILES string of the molecule is CCCCC(=O)Oc1c(NCCCc2cccc(OS(C)(=O)=O)c2)cccc1OC. The van der Waals surface area contributed by atoms with E-state index in [-0.39, 0.29) is 5.97 Å². The van der Waals surface area contributed by atoms with Crippen LogP contribution >= 0.6 is 0 Å². The van der Waals surface area contributed by atoms with Gasteiger partial charge in [-0.15, -0.1) is 0 Å². The number of para-hydroxylation sites is 1. The number of benzene rings is 2. The van der Waals surface area contributed by atoms with Crippen LogP contribution in [0.5, 0.6) is 17.2 Å². The van der Waals surface area contributed by atoms with Crippen molar-refractivity contribution in [1.82, 2.24) is 0 Å².